The summed E-state index contributed by atoms with van der Waals surface area (Å²) in [6, 6.07) is 0. The molecule has 0 saturated heterocycles. The zero-order chi connectivity index (χ0) is 15.1. The van der Waals surface area contributed by atoms with Crippen LogP contribution in [-0.4, -0.2) is 18.7 Å². The lowest BCUT2D eigenvalue weighted by molar-refractivity contribution is -0.126. The maximum atomic E-state index is 13.1. The van der Waals surface area contributed by atoms with Gasteiger partial charge < -0.3 is 4.74 Å². The molecule has 108 valence electrons. The highest BCUT2D eigenvalue weighted by Gasteiger charge is 2.56. The van der Waals surface area contributed by atoms with Crippen LogP contribution in [0.2, 0.25) is 0 Å². The van der Waals surface area contributed by atoms with Gasteiger partial charge in [0, 0.05) is 5.92 Å². The highest BCUT2D eigenvalue weighted by atomic mass is 16.5. The SMILES string of the molecule is CCC1=C(OC)C2(C(=O)C1CC)C(C)=CC(=O)C=C2C. The molecule has 2 aliphatic rings. The highest BCUT2D eigenvalue weighted by molar-refractivity contribution is 6.09. The van der Waals surface area contributed by atoms with E-state index in [-0.39, 0.29) is 17.5 Å². The molecule has 0 fully saturated rings. The van der Waals surface area contributed by atoms with Crippen LogP contribution < -0.4 is 0 Å². The normalized spacial score (nSPS) is 25.1. The molecule has 1 spiro atoms. The van der Waals surface area contributed by atoms with E-state index in [1.54, 1.807) is 19.3 Å². The molecule has 0 aliphatic heterocycles. The van der Waals surface area contributed by atoms with Crippen molar-refractivity contribution in [2.24, 2.45) is 11.3 Å². The van der Waals surface area contributed by atoms with E-state index in [4.69, 9.17) is 4.74 Å². The summed E-state index contributed by atoms with van der Waals surface area (Å²) in [4.78, 5) is 24.8. The summed E-state index contributed by atoms with van der Waals surface area (Å²) in [6.45, 7) is 7.79. The largest absolute Gasteiger partial charge is 0.499 e. The van der Waals surface area contributed by atoms with E-state index in [1.165, 1.54) is 0 Å². The predicted octanol–water partition coefficient (Wildman–Crippen LogP) is 3.37. The monoisotopic (exact) mass is 274 g/mol. The van der Waals surface area contributed by atoms with Crippen molar-refractivity contribution in [2.75, 3.05) is 7.11 Å². The lowest BCUT2D eigenvalue weighted by Gasteiger charge is -2.34. The summed E-state index contributed by atoms with van der Waals surface area (Å²) in [7, 11) is 1.62. The number of hydrogen-bond donors (Lipinski definition) is 0. The first kappa shape index (κ1) is 14.8. The van der Waals surface area contributed by atoms with Crippen molar-refractivity contribution < 1.29 is 14.3 Å². The van der Waals surface area contributed by atoms with Gasteiger partial charge in [-0.15, -0.1) is 0 Å². The molecule has 2 aliphatic carbocycles. The van der Waals surface area contributed by atoms with Crippen molar-refractivity contribution in [1.82, 2.24) is 0 Å². The topological polar surface area (TPSA) is 43.4 Å². The molecule has 0 bridgehead atoms. The molecular formula is C17H22O3. The summed E-state index contributed by atoms with van der Waals surface area (Å²) in [6.07, 6.45) is 4.69. The molecular weight excluding hydrogens is 252 g/mol. The van der Waals surface area contributed by atoms with Gasteiger partial charge in [-0.05, 0) is 55.6 Å². The molecule has 0 aromatic rings. The molecule has 0 N–H and O–H groups in total. The minimum Gasteiger partial charge on any atom is -0.499 e. The number of ether oxygens (including phenoxy) is 1. The molecule has 20 heavy (non-hydrogen) atoms. The lowest BCUT2D eigenvalue weighted by atomic mass is 9.68. The van der Waals surface area contributed by atoms with Crippen LogP contribution in [0.4, 0.5) is 0 Å². The van der Waals surface area contributed by atoms with Crippen molar-refractivity contribution in [3.63, 3.8) is 0 Å². The average molecular weight is 274 g/mol. The number of hydrogen-bond acceptors (Lipinski definition) is 3. The molecule has 3 nitrogen and oxygen atoms in total. The summed E-state index contributed by atoms with van der Waals surface area (Å²) < 4.78 is 5.65. The van der Waals surface area contributed by atoms with E-state index in [0.29, 0.717) is 0 Å². The Morgan fingerprint density at radius 3 is 2.10 bits per heavy atom. The molecule has 0 aromatic heterocycles. The van der Waals surface area contributed by atoms with Crippen LogP contribution in [0.1, 0.15) is 40.5 Å². The number of carbonyl (C=O) groups excluding carboxylic acids is 2. The molecule has 0 saturated carbocycles. The van der Waals surface area contributed by atoms with Crippen molar-refractivity contribution in [2.45, 2.75) is 40.5 Å². The molecule has 3 heteroatoms. The molecule has 0 radical (unpaired) electrons. The van der Waals surface area contributed by atoms with Crippen LogP contribution in [-0.2, 0) is 14.3 Å². The van der Waals surface area contributed by atoms with Crippen LogP contribution >= 0.6 is 0 Å². The third kappa shape index (κ3) is 1.65. The van der Waals surface area contributed by atoms with Gasteiger partial charge in [0.2, 0.25) is 0 Å². The van der Waals surface area contributed by atoms with Crippen molar-refractivity contribution in [3.8, 4) is 0 Å². The first-order valence-corrected chi connectivity index (χ1v) is 7.18. The van der Waals surface area contributed by atoms with E-state index in [9.17, 15) is 9.59 Å². The second-order valence-corrected chi connectivity index (χ2v) is 5.54. The fourth-order valence-corrected chi connectivity index (χ4v) is 3.80. The molecule has 2 rings (SSSR count). The van der Waals surface area contributed by atoms with E-state index in [2.05, 4.69) is 6.92 Å². The Bertz CT molecular complexity index is 539. The van der Waals surface area contributed by atoms with Crippen LogP contribution in [0.15, 0.2) is 34.6 Å². The van der Waals surface area contributed by atoms with Gasteiger partial charge in [0.15, 0.2) is 11.6 Å². The number of allylic oxidation sites excluding steroid dienone is 4. The summed E-state index contributed by atoms with van der Waals surface area (Å²) >= 11 is 0. The Hall–Kier alpha value is -1.64. The molecule has 0 amide bonds. The molecule has 1 unspecified atom stereocenters. The van der Waals surface area contributed by atoms with Crippen molar-refractivity contribution in [1.29, 1.82) is 0 Å². The number of carbonyl (C=O) groups is 2. The zero-order valence-electron chi connectivity index (χ0n) is 12.9. The Morgan fingerprint density at radius 2 is 1.70 bits per heavy atom. The standard InChI is InChI=1S/C17H22O3/c1-6-13-14(7-2)16(20-5)17(15(13)19)10(3)8-12(18)9-11(17)4/h8-9,13H,6-7H2,1-5H3. The minimum absolute atomic E-state index is 0.0492. The van der Waals surface area contributed by atoms with E-state index < -0.39 is 5.41 Å². The van der Waals surface area contributed by atoms with Gasteiger partial charge in [0.25, 0.3) is 0 Å². The van der Waals surface area contributed by atoms with Crippen molar-refractivity contribution in [3.05, 3.63) is 34.6 Å². The van der Waals surface area contributed by atoms with Gasteiger partial charge in [0.1, 0.15) is 11.2 Å². The fourth-order valence-electron chi connectivity index (χ4n) is 3.80. The smallest absolute Gasteiger partial charge is 0.178 e. The van der Waals surface area contributed by atoms with Crippen LogP contribution in [0.5, 0.6) is 0 Å². The first-order chi connectivity index (χ1) is 9.44. The first-order valence-electron chi connectivity index (χ1n) is 7.18. The van der Waals surface area contributed by atoms with Gasteiger partial charge >= 0.3 is 0 Å². The van der Waals surface area contributed by atoms with E-state index in [0.717, 1.165) is 35.3 Å². The number of rotatable bonds is 3. The Labute approximate surface area is 120 Å². The van der Waals surface area contributed by atoms with Gasteiger partial charge in [0.05, 0.1) is 7.11 Å². The second-order valence-electron chi connectivity index (χ2n) is 5.54. The second kappa shape index (κ2) is 5.04. The third-order valence-corrected chi connectivity index (χ3v) is 4.63. The zero-order valence-corrected chi connectivity index (χ0v) is 12.9. The quantitative estimate of drug-likeness (QED) is 0.792. The lowest BCUT2D eigenvalue weighted by Crippen LogP contribution is -2.37. The van der Waals surface area contributed by atoms with Gasteiger partial charge in [-0.2, -0.15) is 0 Å². The molecule has 0 aromatic carbocycles. The van der Waals surface area contributed by atoms with Crippen LogP contribution in [0, 0.1) is 11.3 Å². The predicted molar refractivity (Wildman–Crippen MR) is 78.1 cm³/mol. The summed E-state index contributed by atoms with van der Waals surface area (Å²) in [5.41, 5.74) is 1.81. The van der Waals surface area contributed by atoms with Crippen LogP contribution in [0.25, 0.3) is 0 Å². The number of Topliss-reactive ketones (excluding diaryl/α,β-unsaturated/α-hetero) is 1. The average Bonchev–Trinajstić information content (AvgIpc) is 2.65. The van der Waals surface area contributed by atoms with Gasteiger partial charge in [-0.1, -0.05) is 13.8 Å². The third-order valence-electron chi connectivity index (χ3n) is 4.63. The van der Waals surface area contributed by atoms with E-state index >= 15 is 0 Å². The highest BCUT2D eigenvalue weighted by Crippen LogP contribution is 2.55. The van der Waals surface area contributed by atoms with E-state index in [1.807, 2.05) is 20.8 Å². The maximum absolute atomic E-state index is 13.1. The van der Waals surface area contributed by atoms with Crippen LogP contribution in [0.3, 0.4) is 0 Å². The van der Waals surface area contributed by atoms with Crippen molar-refractivity contribution >= 4 is 11.6 Å². The summed E-state index contributed by atoms with van der Waals surface area (Å²) in [5, 5.41) is 0. The maximum Gasteiger partial charge on any atom is 0.178 e. The Kier molecular flexibility index (Phi) is 3.72. The Morgan fingerprint density at radius 1 is 1.15 bits per heavy atom. The minimum atomic E-state index is -0.839. The Balaban J connectivity index is 2.75. The fraction of sp³-hybridized carbons (Fsp3) is 0.529. The molecule has 1 atom stereocenters. The number of methoxy groups -OCH3 is 1. The van der Waals surface area contributed by atoms with Gasteiger partial charge in [-0.25, -0.2) is 0 Å². The molecule has 0 heterocycles. The van der Waals surface area contributed by atoms with Gasteiger partial charge in [-0.3, -0.25) is 9.59 Å². The number of ketones is 2. The summed E-state index contributed by atoms with van der Waals surface area (Å²) in [5.74, 6) is 0.747.